The Morgan fingerprint density at radius 1 is 1.00 bits per heavy atom. The zero-order valence-corrected chi connectivity index (χ0v) is 30.4. The van der Waals surface area contributed by atoms with E-state index < -0.39 is 10.0 Å². The molecule has 258 valence electrons. The van der Waals surface area contributed by atoms with Crippen LogP contribution >= 0.6 is 0 Å². The van der Waals surface area contributed by atoms with Crippen LogP contribution in [0.3, 0.4) is 0 Å². The first kappa shape index (κ1) is 34.4. The number of nitrogens with one attached hydrogen (secondary N) is 1. The molecule has 3 aliphatic rings. The number of rotatable bonds is 5. The van der Waals surface area contributed by atoms with E-state index in [1.54, 1.807) is 18.2 Å². The second kappa shape index (κ2) is 13.1. The van der Waals surface area contributed by atoms with Gasteiger partial charge in [-0.2, -0.15) is 4.98 Å². The van der Waals surface area contributed by atoms with Gasteiger partial charge in [0, 0.05) is 29.8 Å². The standard InChI is InChI=1S/C38H51N5O4S/c1-25(2)18-29-23-47-33-20-32(34-26(3)10-8-11-27(34)4)39-36(40-33)41-48(45,46)31-13-9-12-28(19-31)35(44)43(29)30-21-38(22-30)14-16-42(17-15-38)24-37(5,6)7/h8-13,19-20,25,29-30H,14-18,21-24H2,1-7H3,(H,39,40,41)/t29-/m1/s1. The minimum Gasteiger partial charge on any atom is -0.475 e. The highest BCUT2D eigenvalue weighted by molar-refractivity contribution is 7.92. The molecule has 3 aromatic rings. The Morgan fingerprint density at radius 2 is 1.67 bits per heavy atom. The number of likely N-dealkylation sites (tertiary alicyclic amines) is 1. The van der Waals surface area contributed by atoms with E-state index in [0.29, 0.717) is 17.2 Å². The van der Waals surface area contributed by atoms with E-state index in [4.69, 9.17) is 4.74 Å². The molecule has 2 fully saturated rings. The fraction of sp³-hybridized carbons (Fsp3) is 0.553. The summed E-state index contributed by atoms with van der Waals surface area (Å²) in [7, 11) is -4.11. The van der Waals surface area contributed by atoms with Crippen LogP contribution < -0.4 is 9.46 Å². The predicted molar refractivity (Wildman–Crippen MR) is 190 cm³/mol. The van der Waals surface area contributed by atoms with Gasteiger partial charge in [-0.25, -0.2) is 18.1 Å². The molecule has 0 radical (unpaired) electrons. The number of carbonyl (C=O) groups excluding carboxylic acids is 1. The van der Waals surface area contributed by atoms with Gasteiger partial charge in [-0.15, -0.1) is 0 Å². The van der Waals surface area contributed by atoms with Crippen LogP contribution in [0.5, 0.6) is 5.88 Å². The first-order valence-electron chi connectivity index (χ1n) is 17.4. The van der Waals surface area contributed by atoms with E-state index >= 15 is 0 Å². The zero-order valence-electron chi connectivity index (χ0n) is 29.5. The highest BCUT2D eigenvalue weighted by atomic mass is 32.2. The SMILES string of the molecule is Cc1cccc(C)c1-c1cc2nc(n1)NS(=O)(=O)c1cccc(c1)C(=O)N(C1CC3(CCN(CC(C)(C)C)CC3)C1)[C@H](CC(C)C)CO2. The second-order valence-electron chi connectivity index (χ2n) is 16.0. The molecule has 4 bridgehead atoms. The molecule has 1 saturated heterocycles. The average molecular weight is 674 g/mol. The zero-order chi connectivity index (χ0) is 34.4. The summed E-state index contributed by atoms with van der Waals surface area (Å²) in [6.45, 7) is 18.7. The smallest absolute Gasteiger partial charge is 0.264 e. The van der Waals surface area contributed by atoms with E-state index in [9.17, 15) is 13.2 Å². The van der Waals surface area contributed by atoms with Crippen LogP contribution in [0.2, 0.25) is 0 Å². The van der Waals surface area contributed by atoms with Gasteiger partial charge in [0.25, 0.3) is 15.9 Å². The third-order valence-electron chi connectivity index (χ3n) is 10.2. The first-order valence-corrected chi connectivity index (χ1v) is 18.9. The van der Waals surface area contributed by atoms with Crippen molar-refractivity contribution in [2.45, 2.75) is 97.5 Å². The number of carbonyl (C=O) groups is 1. The maximum Gasteiger partial charge on any atom is 0.264 e. The van der Waals surface area contributed by atoms with Crippen LogP contribution in [0.15, 0.2) is 53.4 Å². The van der Waals surface area contributed by atoms with Crippen LogP contribution in [0, 0.1) is 30.6 Å². The minimum atomic E-state index is -4.11. The fourth-order valence-corrected chi connectivity index (χ4v) is 9.02. The third kappa shape index (κ3) is 7.39. The Hall–Kier alpha value is -3.50. The van der Waals surface area contributed by atoms with Crippen molar-refractivity contribution in [3.63, 3.8) is 0 Å². The lowest BCUT2D eigenvalue weighted by Crippen LogP contribution is -2.60. The number of ether oxygens (including phenoxy) is 1. The molecule has 1 atom stereocenters. The molecule has 0 unspecified atom stereocenters. The number of anilines is 1. The van der Waals surface area contributed by atoms with E-state index in [-0.39, 0.29) is 52.2 Å². The van der Waals surface area contributed by atoms with Crippen LogP contribution in [-0.2, 0) is 10.0 Å². The lowest BCUT2D eigenvalue weighted by atomic mass is 9.59. The van der Waals surface area contributed by atoms with Crippen LogP contribution in [-0.4, -0.2) is 72.4 Å². The molecule has 48 heavy (non-hydrogen) atoms. The Labute approximate surface area is 286 Å². The number of nitrogens with zero attached hydrogens (tertiary/aromatic N) is 4. The van der Waals surface area contributed by atoms with Crippen molar-refractivity contribution in [1.82, 2.24) is 19.8 Å². The number of piperidine rings is 1. The number of sulfonamides is 1. The van der Waals surface area contributed by atoms with Gasteiger partial charge in [0.05, 0.1) is 16.6 Å². The Kier molecular flexibility index (Phi) is 9.37. The minimum absolute atomic E-state index is 0.00667. The van der Waals surface area contributed by atoms with Crippen molar-refractivity contribution in [1.29, 1.82) is 0 Å². The lowest BCUT2D eigenvalue weighted by molar-refractivity contribution is -0.0557. The lowest BCUT2D eigenvalue weighted by Gasteiger charge is -2.57. The van der Waals surface area contributed by atoms with E-state index in [2.05, 4.69) is 54.2 Å². The van der Waals surface area contributed by atoms with Crippen LogP contribution in [0.1, 0.15) is 88.2 Å². The first-order chi connectivity index (χ1) is 22.6. The van der Waals surface area contributed by atoms with Gasteiger partial charge in [-0.1, -0.05) is 58.9 Å². The number of benzene rings is 2. The molecule has 1 saturated carbocycles. The van der Waals surface area contributed by atoms with Crippen molar-refractivity contribution in [3.05, 3.63) is 65.2 Å². The summed E-state index contributed by atoms with van der Waals surface area (Å²) in [5, 5.41) is 0. The van der Waals surface area contributed by atoms with Gasteiger partial charge in [0.15, 0.2) is 0 Å². The van der Waals surface area contributed by atoms with Crippen molar-refractivity contribution in [2.24, 2.45) is 16.7 Å². The molecule has 1 aliphatic carbocycles. The maximum absolute atomic E-state index is 14.5. The topological polar surface area (TPSA) is 105 Å². The number of amides is 1. The second-order valence-corrected chi connectivity index (χ2v) is 17.7. The summed E-state index contributed by atoms with van der Waals surface area (Å²) in [6.07, 6.45) is 4.91. The summed E-state index contributed by atoms with van der Waals surface area (Å²) in [4.78, 5) is 28.3. The normalized spacial score (nSPS) is 21.5. The van der Waals surface area contributed by atoms with Crippen LogP contribution in [0.25, 0.3) is 11.3 Å². The molecule has 6 rings (SSSR count). The highest BCUT2D eigenvalue weighted by Gasteiger charge is 2.50. The number of hydrogen-bond acceptors (Lipinski definition) is 7. The Morgan fingerprint density at radius 3 is 2.31 bits per heavy atom. The molecule has 2 aromatic carbocycles. The van der Waals surface area contributed by atoms with Gasteiger partial charge < -0.3 is 14.5 Å². The largest absolute Gasteiger partial charge is 0.475 e. The molecular weight excluding hydrogens is 623 g/mol. The van der Waals surface area contributed by atoms with Crippen molar-refractivity contribution >= 4 is 21.9 Å². The summed E-state index contributed by atoms with van der Waals surface area (Å²) < 4.78 is 36.4. The Bertz CT molecular complexity index is 1750. The van der Waals surface area contributed by atoms with E-state index in [1.807, 2.05) is 36.9 Å². The molecule has 1 amide bonds. The summed E-state index contributed by atoms with van der Waals surface area (Å²) in [6, 6.07) is 13.9. The number of hydrogen-bond donors (Lipinski definition) is 1. The summed E-state index contributed by atoms with van der Waals surface area (Å²) >= 11 is 0. The fourth-order valence-electron chi connectivity index (χ4n) is 8.03. The van der Waals surface area contributed by atoms with Gasteiger partial charge in [0.2, 0.25) is 11.8 Å². The van der Waals surface area contributed by atoms with E-state index in [1.165, 1.54) is 12.1 Å². The van der Waals surface area contributed by atoms with Gasteiger partial charge >= 0.3 is 0 Å². The highest BCUT2D eigenvalue weighted by Crippen LogP contribution is 2.52. The molecular formula is C38H51N5O4S. The molecule has 3 heterocycles. The van der Waals surface area contributed by atoms with Crippen molar-refractivity contribution < 1.29 is 17.9 Å². The average Bonchev–Trinajstić information content (AvgIpc) is 2.98. The predicted octanol–water partition coefficient (Wildman–Crippen LogP) is 7.10. The monoisotopic (exact) mass is 673 g/mol. The van der Waals surface area contributed by atoms with E-state index in [0.717, 1.165) is 68.4 Å². The van der Waals surface area contributed by atoms with Crippen molar-refractivity contribution in [2.75, 3.05) is 31.0 Å². The maximum atomic E-state index is 14.5. The van der Waals surface area contributed by atoms with Crippen LogP contribution in [0.4, 0.5) is 5.95 Å². The number of fused-ring (bicyclic) bond motifs is 4. The number of aromatic nitrogens is 2. The van der Waals surface area contributed by atoms with Gasteiger partial charge in [-0.05, 0) is 105 Å². The quantitative estimate of drug-likeness (QED) is 0.308. The Balaban J connectivity index is 1.37. The third-order valence-corrected chi connectivity index (χ3v) is 11.5. The number of aryl methyl sites for hydroxylation is 2. The molecule has 2 aliphatic heterocycles. The molecule has 1 spiro atoms. The summed E-state index contributed by atoms with van der Waals surface area (Å²) in [5.41, 5.74) is 4.36. The summed E-state index contributed by atoms with van der Waals surface area (Å²) in [5.74, 6) is 0.347. The molecule has 10 heteroatoms. The molecule has 1 aromatic heterocycles. The van der Waals surface area contributed by atoms with Gasteiger partial charge in [0.1, 0.15) is 6.61 Å². The van der Waals surface area contributed by atoms with Crippen molar-refractivity contribution in [3.8, 4) is 17.1 Å². The van der Waals surface area contributed by atoms with Gasteiger partial charge in [-0.3, -0.25) is 4.79 Å². The molecule has 1 N–H and O–H groups in total. The molecule has 9 nitrogen and oxygen atoms in total.